The van der Waals surface area contributed by atoms with Crippen LogP contribution in [-0.2, 0) is 11.2 Å². The summed E-state index contributed by atoms with van der Waals surface area (Å²) in [5.74, 6) is 0.777. The van der Waals surface area contributed by atoms with Crippen molar-refractivity contribution in [2.75, 3.05) is 18.1 Å². The zero-order valence-electron chi connectivity index (χ0n) is 15.4. The highest BCUT2D eigenvalue weighted by atomic mass is 79.9. The number of hydrogen-bond donors (Lipinski definition) is 0. The summed E-state index contributed by atoms with van der Waals surface area (Å²) in [7, 11) is 0. The van der Waals surface area contributed by atoms with E-state index in [0.717, 1.165) is 18.5 Å². The van der Waals surface area contributed by atoms with E-state index in [1.807, 2.05) is 30.0 Å². The molecule has 0 spiro atoms. The average molecular weight is 429 g/mol. The summed E-state index contributed by atoms with van der Waals surface area (Å²) in [6, 6.07) is 13.5. The van der Waals surface area contributed by atoms with Gasteiger partial charge in [-0.2, -0.15) is 5.26 Å². The van der Waals surface area contributed by atoms with Crippen LogP contribution in [0.3, 0.4) is 0 Å². The second-order valence-corrected chi connectivity index (χ2v) is 7.25. The normalized spacial score (nSPS) is 15.6. The highest BCUT2D eigenvalue weighted by Crippen LogP contribution is 2.37. The van der Waals surface area contributed by atoms with Gasteiger partial charge in [-0.3, -0.25) is 4.79 Å². The van der Waals surface area contributed by atoms with Crippen molar-refractivity contribution in [2.45, 2.75) is 32.7 Å². The Labute approximate surface area is 167 Å². The van der Waals surface area contributed by atoms with E-state index in [2.05, 4.69) is 35.0 Å². The maximum Gasteiger partial charge on any atom is 0.265 e. The van der Waals surface area contributed by atoms with Crippen molar-refractivity contribution >= 4 is 27.5 Å². The van der Waals surface area contributed by atoms with Crippen molar-refractivity contribution in [2.24, 2.45) is 0 Å². The van der Waals surface area contributed by atoms with Gasteiger partial charge in [0.25, 0.3) is 5.91 Å². The summed E-state index contributed by atoms with van der Waals surface area (Å²) >= 11 is 3.41. The third kappa shape index (κ3) is 4.09. The van der Waals surface area contributed by atoms with Gasteiger partial charge >= 0.3 is 0 Å². The van der Waals surface area contributed by atoms with Gasteiger partial charge in [-0.05, 0) is 60.3 Å². The molecule has 0 N–H and O–H groups in total. The summed E-state index contributed by atoms with van der Waals surface area (Å²) in [6.07, 6.45) is 1.89. The van der Waals surface area contributed by atoms with Crippen LogP contribution in [0.25, 0.3) is 0 Å². The first-order valence-electron chi connectivity index (χ1n) is 8.94. The van der Waals surface area contributed by atoms with E-state index in [-0.39, 0.29) is 18.6 Å². The minimum Gasteiger partial charge on any atom is -0.490 e. The van der Waals surface area contributed by atoms with Crippen LogP contribution in [0.2, 0.25) is 0 Å². The molecule has 1 unspecified atom stereocenters. The molecular weight excluding hydrogens is 408 g/mol. The number of benzene rings is 2. The average Bonchev–Trinajstić information content (AvgIpc) is 2.67. The maximum atomic E-state index is 12.9. The van der Waals surface area contributed by atoms with Crippen molar-refractivity contribution in [1.82, 2.24) is 0 Å². The van der Waals surface area contributed by atoms with Crippen LogP contribution in [0.1, 0.15) is 31.4 Å². The number of para-hydroxylation sites is 1. The molecule has 2 aromatic rings. The first-order valence-corrected chi connectivity index (χ1v) is 9.73. The molecule has 2 aromatic carbocycles. The number of halogens is 1. The van der Waals surface area contributed by atoms with E-state index in [4.69, 9.17) is 14.7 Å². The highest BCUT2D eigenvalue weighted by molar-refractivity contribution is 9.10. The first-order chi connectivity index (χ1) is 13.0. The van der Waals surface area contributed by atoms with Gasteiger partial charge in [0.15, 0.2) is 18.1 Å². The Morgan fingerprint density at radius 3 is 2.85 bits per heavy atom. The second kappa shape index (κ2) is 8.45. The Bertz CT molecular complexity index is 891. The van der Waals surface area contributed by atoms with Gasteiger partial charge in [0, 0.05) is 17.8 Å². The summed E-state index contributed by atoms with van der Waals surface area (Å²) in [4.78, 5) is 14.8. The Balaban J connectivity index is 1.81. The summed E-state index contributed by atoms with van der Waals surface area (Å²) < 4.78 is 12.0. The number of nitriles is 1. The molecule has 0 bridgehead atoms. The lowest BCUT2D eigenvalue weighted by atomic mass is 9.96. The van der Waals surface area contributed by atoms with Crippen molar-refractivity contribution in [1.29, 1.82) is 5.26 Å². The van der Waals surface area contributed by atoms with Gasteiger partial charge in [0.1, 0.15) is 0 Å². The fourth-order valence-corrected chi connectivity index (χ4v) is 3.86. The first kappa shape index (κ1) is 19.2. The van der Waals surface area contributed by atoms with Crippen LogP contribution in [0.4, 0.5) is 5.69 Å². The number of hydrogen-bond acceptors (Lipinski definition) is 4. The lowest BCUT2D eigenvalue weighted by molar-refractivity contribution is -0.121. The van der Waals surface area contributed by atoms with Gasteiger partial charge in [-0.1, -0.05) is 18.2 Å². The zero-order valence-corrected chi connectivity index (χ0v) is 17.0. The Morgan fingerprint density at radius 1 is 1.33 bits per heavy atom. The highest BCUT2D eigenvalue weighted by Gasteiger charge is 2.28. The van der Waals surface area contributed by atoms with E-state index < -0.39 is 0 Å². The van der Waals surface area contributed by atoms with Crippen LogP contribution in [0.5, 0.6) is 11.5 Å². The molecule has 1 amide bonds. The lowest BCUT2D eigenvalue weighted by Crippen LogP contribution is -2.44. The van der Waals surface area contributed by atoms with Crippen LogP contribution in [0, 0.1) is 11.3 Å². The molecule has 0 fully saturated rings. The SMILES string of the molecule is CCOc1cc(C#N)cc(Br)c1OCC(=O)N1c2ccccc2CCC1C. The molecule has 6 heteroatoms. The molecule has 0 aliphatic carbocycles. The van der Waals surface area contributed by atoms with Gasteiger partial charge < -0.3 is 14.4 Å². The third-order valence-electron chi connectivity index (χ3n) is 4.57. The summed E-state index contributed by atoms with van der Waals surface area (Å²) in [5.41, 5.74) is 2.59. The van der Waals surface area contributed by atoms with Crippen LogP contribution in [-0.4, -0.2) is 25.2 Å². The summed E-state index contributed by atoms with van der Waals surface area (Å²) in [5, 5.41) is 9.13. The Hall–Kier alpha value is -2.52. The Morgan fingerprint density at radius 2 is 2.11 bits per heavy atom. The van der Waals surface area contributed by atoms with Crippen molar-refractivity contribution in [3.8, 4) is 17.6 Å². The largest absolute Gasteiger partial charge is 0.490 e. The van der Waals surface area contributed by atoms with E-state index in [1.165, 1.54) is 5.56 Å². The molecule has 27 heavy (non-hydrogen) atoms. The molecule has 0 radical (unpaired) electrons. The van der Waals surface area contributed by atoms with Crippen LogP contribution in [0.15, 0.2) is 40.9 Å². The minimum atomic E-state index is -0.108. The standard InChI is InChI=1S/C21H21BrN2O3/c1-3-26-19-11-15(12-23)10-17(22)21(19)27-13-20(25)24-14(2)8-9-16-6-4-5-7-18(16)24/h4-7,10-11,14H,3,8-9,13H2,1-2H3. The number of aryl methyl sites for hydroxylation is 1. The van der Waals surface area contributed by atoms with Gasteiger partial charge in [0.05, 0.1) is 22.7 Å². The van der Waals surface area contributed by atoms with Gasteiger partial charge in [-0.25, -0.2) is 0 Å². The second-order valence-electron chi connectivity index (χ2n) is 6.40. The molecule has 1 atom stereocenters. The number of carbonyl (C=O) groups is 1. The van der Waals surface area contributed by atoms with Crippen LogP contribution < -0.4 is 14.4 Å². The zero-order chi connectivity index (χ0) is 19.4. The maximum absolute atomic E-state index is 12.9. The van der Waals surface area contributed by atoms with E-state index >= 15 is 0 Å². The molecule has 0 saturated heterocycles. The fraction of sp³-hybridized carbons (Fsp3) is 0.333. The number of amides is 1. The van der Waals surface area contributed by atoms with E-state index in [1.54, 1.807) is 12.1 Å². The van der Waals surface area contributed by atoms with E-state index in [0.29, 0.717) is 28.1 Å². The molecule has 5 nitrogen and oxygen atoms in total. The number of fused-ring (bicyclic) bond motifs is 1. The fourth-order valence-electron chi connectivity index (χ4n) is 3.31. The van der Waals surface area contributed by atoms with Crippen molar-refractivity contribution < 1.29 is 14.3 Å². The number of anilines is 1. The molecule has 3 rings (SSSR count). The van der Waals surface area contributed by atoms with E-state index in [9.17, 15) is 4.79 Å². The van der Waals surface area contributed by atoms with Gasteiger partial charge in [0.2, 0.25) is 0 Å². The third-order valence-corrected chi connectivity index (χ3v) is 5.16. The predicted octanol–water partition coefficient (Wildman–Crippen LogP) is 4.47. The molecule has 140 valence electrons. The predicted molar refractivity (Wildman–Crippen MR) is 107 cm³/mol. The monoisotopic (exact) mass is 428 g/mol. The van der Waals surface area contributed by atoms with Gasteiger partial charge in [-0.15, -0.1) is 0 Å². The quantitative estimate of drug-likeness (QED) is 0.704. The summed E-state index contributed by atoms with van der Waals surface area (Å²) in [6.45, 7) is 4.23. The minimum absolute atomic E-state index is 0.103. The molecular formula is C21H21BrN2O3. The molecule has 1 aliphatic rings. The molecule has 0 aromatic heterocycles. The lowest BCUT2D eigenvalue weighted by Gasteiger charge is -2.35. The molecule has 0 saturated carbocycles. The topological polar surface area (TPSA) is 62.6 Å². The number of nitrogens with zero attached hydrogens (tertiary/aromatic N) is 2. The number of ether oxygens (including phenoxy) is 2. The van der Waals surface area contributed by atoms with Crippen molar-refractivity contribution in [3.05, 3.63) is 52.0 Å². The number of rotatable bonds is 5. The molecule has 1 heterocycles. The smallest absolute Gasteiger partial charge is 0.265 e. The Kier molecular flexibility index (Phi) is 6.02. The van der Waals surface area contributed by atoms with Crippen molar-refractivity contribution in [3.63, 3.8) is 0 Å². The number of carbonyl (C=O) groups excluding carboxylic acids is 1. The molecule has 1 aliphatic heterocycles. The van der Waals surface area contributed by atoms with Crippen LogP contribution >= 0.6 is 15.9 Å².